The molecule has 2 N–H and O–H groups in total. The molecule has 0 aliphatic rings. The molecule has 0 radical (unpaired) electrons. The average Bonchev–Trinajstić information content (AvgIpc) is 2.50. The molecule has 0 bridgehead atoms. The molecule has 0 saturated heterocycles. The highest BCUT2D eigenvalue weighted by Crippen LogP contribution is 2.20. The summed E-state index contributed by atoms with van der Waals surface area (Å²) >= 11 is 0. The van der Waals surface area contributed by atoms with Gasteiger partial charge in [0.05, 0.1) is 31.0 Å². The van der Waals surface area contributed by atoms with E-state index >= 15 is 0 Å². The molecule has 0 aromatic heterocycles. The van der Waals surface area contributed by atoms with Crippen molar-refractivity contribution < 1.29 is 23.9 Å². The van der Waals surface area contributed by atoms with Crippen molar-refractivity contribution in [3.63, 3.8) is 0 Å². The normalized spacial score (nSPS) is 10.7. The van der Waals surface area contributed by atoms with E-state index in [1.54, 1.807) is 0 Å². The van der Waals surface area contributed by atoms with Gasteiger partial charge >= 0.3 is 18.0 Å². The third-order valence-electron chi connectivity index (χ3n) is 2.87. The van der Waals surface area contributed by atoms with Crippen LogP contribution in [0.3, 0.4) is 0 Å². The maximum atomic E-state index is 12.0. The Balaban J connectivity index is 3.02. The van der Waals surface area contributed by atoms with Gasteiger partial charge in [-0.25, -0.2) is 14.4 Å². The van der Waals surface area contributed by atoms with Crippen LogP contribution >= 0.6 is 0 Å². The van der Waals surface area contributed by atoms with Crippen molar-refractivity contribution in [1.82, 2.24) is 5.32 Å². The van der Waals surface area contributed by atoms with Crippen molar-refractivity contribution in [1.29, 1.82) is 0 Å². The van der Waals surface area contributed by atoms with Crippen molar-refractivity contribution in [2.24, 2.45) is 5.41 Å². The average molecular weight is 322 g/mol. The fourth-order valence-corrected chi connectivity index (χ4v) is 1.69. The standard InChI is InChI=1S/C16H22N2O5/c1-16(2,3)9-17-15(21)18-12-8-10(13(19)22-4)6-7-11(12)14(20)23-5/h6-8H,9H2,1-5H3,(H2,17,18,21). The summed E-state index contributed by atoms with van der Waals surface area (Å²) in [5.74, 6) is -1.19. The van der Waals surface area contributed by atoms with Gasteiger partial charge in [0.2, 0.25) is 0 Å². The van der Waals surface area contributed by atoms with Crippen LogP contribution in [0.4, 0.5) is 10.5 Å². The molecule has 1 aromatic carbocycles. The Labute approximate surface area is 135 Å². The summed E-state index contributed by atoms with van der Waals surface area (Å²) in [6.45, 7) is 6.38. The second-order valence-electron chi connectivity index (χ2n) is 6.11. The van der Waals surface area contributed by atoms with Crippen LogP contribution in [0.2, 0.25) is 0 Å². The molecular formula is C16H22N2O5. The molecule has 0 atom stereocenters. The van der Waals surface area contributed by atoms with Crippen LogP contribution in [-0.2, 0) is 9.47 Å². The van der Waals surface area contributed by atoms with Crippen LogP contribution in [0.5, 0.6) is 0 Å². The maximum Gasteiger partial charge on any atom is 0.339 e. The molecule has 0 saturated carbocycles. The lowest BCUT2D eigenvalue weighted by Crippen LogP contribution is -2.35. The van der Waals surface area contributed by atoms with Crippen molar-refractivity contribution in [3.05, 3.63) is 29.3 Å². The van der Waals surface area contributed by atoms with Crippen LogP contribution in [0.25, 0.3) is 0 Å². The second kappa shape index (κ2) is 7.62. The van der Waals surface area contributed by atoms with E-state index in [1.165, 1.54) is 32.4 Å². The van der Waals surface area contributed by atoms with Gasteiger partial charge in [-0.15, -0.1) is 0 Å². The Morgan fingerprint density at radius 2 is 1.65 bits per heavy atom. The zero-order valence-corrected chi connectivity index (χ0v) is 14.0. The lowest BCUT2D eigenvalue weighted by Gasteiger charge is -2.19. The second-order valence-corrected chi connectivity index (χ2v) is 6.11. The van der Waals surface area contributed by atoms with Crippen LogP contribution in [0.1, 0.15) is 41.5 Å². The molecule has 1 aromatic rings. The fourth-order valence-electron chi connectivity index (χ4n) is 1.69. The van der Waals surface area contributed by atoms with Gasteiger partial charge in [-0.1, -0.05) is 20.8 Å². The van der Waals surface area contributed by atoms with E-state index in [9.17, 15) is 14.4 Å². The van der Waals surface area contributed by atoms with Crippen LogP contribution in [0.15, 0.2) is 18.2 Å². The van der Waals surface area contributed by atoms with Crippen LogP contribution in [-0.4, -0.2) is 38.7 Å². The number of anilines is 1. The van der Waals surface area contributed by atoms with E-state index in [4.69, 9.17) is 0 Å². The number of methoxy groups -OCH3 is 2. The van der Waals surface area contributed by atoms with E-state index in [-0.39, 0.29) is 22.2 Å². The Morgan fingerprint density at radius 1 is 1.04 bits per heavy atom. The predicted octanol–water partition coefficient (Wildman–Crippen LogP) is 2.43. The molecule has 7 heteroatoms. The smallest absolute Gasteiger partial charge is 0.339 e. The van der Waals surface area contributed by atoms with E-state index < -0.39 is 18.0 Å². The first-order chi connectivity index (χ1) is 10.7. The largest absolute Gasteiger partial charge is 0.465 e. The minimum atomic E-state index is -0.618. The van der Waals surface area contributed by atoms with Crippen LogP contribution in [0, 0.1) is 5.41 Å². The number of ether oxygens (including phenoxy) is 2. The number of hydrogen-bond donors (Lipinski definition) is 2. The highest BCUT2D eigenvalue weighted by Gasteiger charge is 2.18. The van der Waals surface area contributed by atoms with E-state index in [0.29, 0.717) is 6.54 Å². The molecule has 7 nitrogen and oxygen atoms in total. The molecule has 2 amide bonds. The van der Waals surface area contributed by atoms with Gasteiger partial charge in [0, 0.05) is 6.54 Å². The van der Waals surface area contributed by atoms with Gasteiger partial charge in [0.1, 0.15) is 0 Å². The molecule has 0 heterocycles. The Kier molecular flexibility index (Phi) is 6.12. The molecule has 0 unspecified atom stereocenters. The number of amides is 2. The summed E-state index contributed by atoms with van der Waals surface area (Å²) in [5, 5.41) is 5.26. The first-order valence-corrected chi connectivity index (χ1v) is 7.03. The summed E-state index contributed by atoms with van der Waals surface area (Å²) in [6.07, 6.45) is 0. The summed E-state index contributed by atoms with van der Waals surface area (Å²) in [4.78, 5) is 35.3. The number of carbonyl (C=O) groups is 3. The molecule has 126 valence electrons. The first-order valence-electron chi connectivity index (χ1n) is 7.03. The zero-order chi connectivity index (χ0) is 17.6. The third kappa shape index (κ3) is 5.61. The van der Waals surface area contributed by atoms with Crippen molar-refractivity contribution in [2.75, 3.05) is 26.1 Å². The third-order valence-corrected chi connectivity index (χ3v) is 2.87. The number of esters is 2. The molecule has 0 aliphatic heterocycles. The Hall–Kier alpha value is -2.57. The molecular weight excluding hydrogens is 300 g/mol. The summed E-state index contributed by atoms with van der Waals surface area (Å²) in [7, 11) is 2.49. The summed E-state index contributed by atoms with van der Waals surface area (Å²) in [6, 6.07) is 3.72. The van der Waals surface area contributed by atoms with E-state index in [0.717, 1.165) is 0 Å². The van der Waals surface area contributed by atoms with Gasteiger partial charge in [-0.2, -0.15) is 0 Å². The first kappa shape index (κ1) is 18.5. The van der Waals surface area contributed by atoms with Crippen molar-refractivity contribution in [3.8, 4) is 0 Å². The molecule has 0 aliphatic carbocycles. The molecule has 0 spiro atoms. The molecule has 1 rings (SSSR count). The fraction of sp³-hybridized carbons (Fsp3) is 0.438. The minimum Gasteiger partial charge on any atom is -0.465 e. The predicted molar refractivity (Wildman–Crippen MR) is 85.6 cm³/mol. The number of nitrogens with one attached hydrogen (secondary N) is 2. The maximum absolute atomic E-state index is 12.0. The van der Waals surface area contributed by atoms with Gasteiger partial charge in [0.25, 0.3) is 0 Å². The van der Waals surface area contributed by atoms with Gasteiger partial charge < -0.3 is 20.1 Å². The highest BCUT2D eigenvalue weighted by atomic mass is 16.5. The quantitative estimate of drug-likeness (QED) is 0.830. The van der Waals surface area contributed by atoms with Crippen molar-refractivity contribution in [2.45, 2.75) is 20.8 Å². The number of urea groups is 1. The number of hydrogen-bond acceptors (Lipinski definition) is 5. The lowest BCUT2D eigenvalue weighted by molar-refractivity contribution is 0.0587. The summed E-state index contributed by atoms with van der Waals surface area (Å²) < 4.78 is 9.30. The van der Waals surface area contributed by atoms with Gasteiger partial charge in [0.15, 0.2) is 0 Å². The van der Waals surface area contributed by atoms with E-state index in [1.807, 2.05) is 20.8 Å². The molecule has 0 fully saturated rings. The zero-order valence-electron chi connectivity index (χ0n) is 14.0. The number of rotatable bonds is 4. The van der Waals surface area contributed by atoms with Gasteiger partial charge in [-0.05, 0) is 23.6 Å². The highest BCUT2D eigenvalue weighted by molar-refractivity contribution is 6.03. The lowest BCUT2D eigenvalue weighted by atomic mass is 9.97. The Morgan fingerprint density at radius 3 is 2.17 bits per heavy atom. The topological polar surface area (TPSA) is 93.7 Å². The Bertz CT molecular complexity index is 605. The van der Waals surface area contributed by atoms with Gasteiger partial charge in [-0.3, -0.25) is 0 Å². The number of benzene rings is 1. The van der Waals surface area contributed by atoms with Crippen LogP contribution < -0.4 is 10.6 Å². The van der Waals surface area contributed by atoms with E-state index in [2.05, 4.69) is 20.1 Å². The number of carbonyl (C=O) groups excluding carboxylic acids is 3. The SMILES string of the molecule is COC(=O)c1ccc(C(=O)OC)c(NC(=O)NCC(C)(C)C)c1. The minimum absolute atomic E-state index is 0.0869. The van der Waals surface area contributed by atoms with Crippen molar-refractivity contribution >= 4 is 23.7 Å². The monoisotopic (exact) mass is 322 g/mol. The summed E-state index contributed by atoms with van der Waals surface area (Å²) in [5.41, 5.74) is 0.444. The molecule has 23 heavy (non-hydrogen) atoms.